The number of halogens is 4. The van der Waals surface area contributed by atoms with Crippen molar-refractivity contribution in [1.29, 1.82) is 0 Å². The molecule has 0 radical (unpaired) electrons. The Bertz CT molecular complexity index is 432. The molecule has 0 heterocycles. The highest BCUT2D eigenvalue weighted by Gasteiger charge is 2.26. The van der Waals surface area contributed by atoms with Crippen molar-refractivity contribution >= 4 is 17.6 Å². The molecule has 0 aliphatic carbocycles. The number of carbonyl (C=O) groups is 1. The molecule has 0 amide bonds. The van der Waals surface area contributed by atoms with Gasteiger partial charge in [-0.25, -0.2) is 4.79 Å². The zero-order valence-corrected chi connectivity index (χ0v) is 9.88. The molecular weight excluding hydrogens is 273 g/mol. The van der Waals surface area contributed by atoms with Gasteiger partial charge >= 0.3 is 12.1 Å². The van der Waals surface area contributed by atoms with Crippen molar-refractivity contribution in [1.82, 2.24) is 0 Å². The quantitative estimate of drug-likeness (QED) is 0.837. The SMILES string of the molecule is O=C(O)c1c(Cl)cccc1OCCCC(F)(F)F. The number of hydrogen-bond donors (Lipinski definition) is 1. The third-order valence-corrected chi connectivity index (χ3v) is 2.37. The van der Waals surface area contributed by atoms with Gasteiger partial charge in [0.05, 0.1) is 11.6 Å². The molecule has 0 spiro atoms. The van der Waals surface area contributed by atoms with E-state index in [2.05, 4.69) is 0 Å². The average Bonchev–Trinajstić information content (AvgIpc) is 2.22. The molecule has 0 atom stereocenters. The lowest BCUT2D eigenvalue weighted by Gasteiger charge is -2.11. The average molecular weight is 283 g/mol. The van der Waals surface area contributed by atoms with E-state index in [4.69, 9.17) is 21.4 Å². The molecule has 0 saturated heterocycles. The Hall–Kier alpha value is -1.43. The minimum Gasteiger partial charge on any atom is -0.493 e. The highest BCUT2D eigenvalue weighted by atomic mass is 35.5. The fourth-order valence-electron chi connectivity index (χ4n) is 1.29. The maximum atomic E-state index is 11.9. The largest absolute Gasteiger partial charge is 0.493 e. The van der Waals surface area contributed by atoms with Crippen molar-refractivity contribution in [2.24, 2.45) is 0 Å². The van der Waals surface area contributed by atoms with Gasteiger partial charge < -0.3 is 9.84 Å². The Labute approximate surface area is 106 Å². The molecule has 100 valence electrons. The Morgan fingerprint density at radius 3 is 2.61 bits per heavy atom. The van der Waals surface area contributed by atoms with Gasteiger partial charge in [0.15, 0.2) is 0 Å². The fraction of sp³-hybridized carbons (Fsp3) is 0.364. The van der Waals surface area contributed by atoms with Crippen LogP contribution in [0.15, 0.2) is 18.2 Å². The zero-order chi connectivity index (χ0) is 13.8. The van der Waals surface area contributed by atoms with Crippen LogP contribution in [0.4, 0.5) is 13.2 Å². The third-order valence-electron chi connectivity index (χ3n) is 2.05. The lowest BCUT2D eigenvalue weighted by Crippen LogP contribution is -2.11. The van der Waals surface area contributed by atoms with Crippen molar-refractivity contribution in [2.45, 2.75) is 19.0 Å². The van der Waals surface area contributed by atoms with Gasteiger partial charge in [0.2, 0.25) is 0 Å². The van der Waals surface area contributed by atoms with Gasteiger partial charge in [-0.05, 0) is 18.6 Å². The highest BCUT2D eigenvalue weighted by Crippen LogP contribution is 2.27. The first-order valence-electron chi connectivity index (χ1n) is 5.02. The van der Waals surface area contributed by atoms with Gasteiger partial charge in [0, 0.05) is 6.42 Å². The summed E-state index contributed by atoms with van der Waals surface area (Å²) in [4.78, 5) is 10.9. The second-order valence-electron chi connectivity index (χ2n) is 3.49. The Morgan fingerprint density at radius 1 is 1.39 bits per heavy atom. The maximum absolute atomic E-state index is 11.9. The summed E-state index contributed by atoms with van der Waals surface area (Å²) in [5.74, 6) is -1.32. The molecule has 0 fully saturated rings. The summed E-state index contributed by atoms with van der Waals surface area (Å²) in [6.45, 7) is -0.222. The number of benzene rings is 1. The van der Waals surface area contributed by atoms with Crippen LogP contribution in [0.3, 0.4) is 0 Å². The number of rotatable bonds is 5. The van der Waals surface area contributed by atoms with Gasteiger partial charge in [-0.3, -0.25) is 0 Å². The Morgan fingerprint density at radius 2 is 2.06 bits per heavy atom. The molecule has 0 aliphatic heterocycles. The van der Waals surface area contributed by atoms with E-state index in [0.717, 1.165) is 0 Å². The molecule has 18 heavy (non-hydrogen) atoms. The van der Waals surface area contributed by atoms with Crippen LogP contribution >= 0.6 is 11.6 Å². The Kier molecular flexibility index (Phi) is 4.84. The number of alkyl halides is 3. The van der Waals surface area contributed by atoms with Crippen LogP contribution in [0, 0.1) is 0 Å². The lowest BCUT2D eigenvalue weighted by atomic mass is 10.2. The topological polar surface area (TPSA) is 46.5 Å². The number of hydrogen-bond acceptors (Lipinski definition) is 2. The van der Waals surface area contributed by atoms with Crippen molar-refractivity contribution in [2.75, 3.05) is 6.61 Å². The molecule has 0 unspecified atom stereocenters. The second-order valence-corrected chi connectivity index (χ2v) is 3.89. The molecule has 1 rings (SSSR count). The number of carboxylic acid groups (broad SMARTS) is 1. The van der Waals surface area contributed by atoms with Gasteiger partial charge in [-0.15, -0.1) is 0 Å². The van der Waals surface area contributed by atoms with Gasteiger partial charge in [-0.1, -0.05) is 17.7 Å². The van der Waals surface area contributed by atoms with Crippen LogP contribution in [0.25, 0.3) is 0 Å². The summed E-state index contributed by atoms with van der Waals surface area (Å²) in [5, 5.41) is 8.87. The molecule has 7 heteroatoms. The molecular formula is C11H10ClF3O3. The van der Waals surface area contributed by atoms with Crippen LogP contribution in [0.5, 0.6) is 5.75 Å². The first kappa shape index (κ1) is 14.6. The van der Waals surface area contributed by atoms with Crippen molar-refractivity contribution < 1.29 is 27.8 Å². The van der Waals surface area contributed by atoms with Crippen LogP contribution in [0.2, 0.25) is 5.02 Å². The highest BCUT2D eigenvalue weighted by molar-refractivity contribution is 6.33. The van der Waals surface area contributed by atoms with E-state index in [1.807, 2.05) is 0 Å². The van der Waals surface area contributed by atoms with Crippen molar-refractivity contribution in [3.8, 4) is 5.75 Å². The summed E-state index contributed by atoms with van der Waals surface area (Å²) in [6, 6.07) is 4.18. The lowest BCUT2D eigenvalue weighted by molar-refractivity contribution is -0.136. The molecule has 3 nitrogen and oxygen atoms in total. The molecule has 1 aromatic carbocycles. The van der Waals surface area contributed by atoms with E-state index < -0.39 is 18.6 Å². The molecule has 0 saturated carbocycles. The van der Waals surface area contributed by atoms with Crippen molar-refractivity contribution in [3.63, 3.8) is 0 Å². The first-order chi connectivity index (χ1) is 8.31. The molecule has 0 aliphatic rings. The minimum absolute atomic E-state index is 0.0178. The summed E-state index contributed by atoms with van der Waals surface area (Å²) in [5.41, 5.74) is -0.244. The predicted octanol–water partition coefficient (Wildman–Crippen LogP) is 3.76. The van der Waals surface area contributed by atoms with Gasteiger partial charge in [-0.2, -0.15) is 13.2 Å². The standard InChI is InChI=1S/C11H10ClF3O3/c12-7-3-1-4-8(9(7)10(16)17)18-6-2-5-11(13,14)15/h1,3-4H,2,5-6H2,(H,16,17). The fourth-order valence-corrected chi connectivity index (χ4v) is 1.53. The zero-order valence-electron chi connectivity index (χ0n) is 9.13. The van der Waals surface area contributed by atoms with E-state index in [1.54, 1.807) is 0 Å². The van der Waals surface area contributed by atoms with Crippen LogP contribution < -0.4 is 4.74 Å². The summed E-state index contributed by atoms with van der Waals surface area (Å²) in [6.07, 6.45) is -5.46. The number of ether oxygens (including phenoxy) is 1. The van der Waals surface area contributed by atoms with Gasteiger partial charge in [0.1, 0.15) is 11.3 Å². The molecule has 1 aromatic rings. The maximum Gasteiger partial charge on any atom is 0.389 e. The smallest absolute Gasteiger partial charge is 0.389 e. The molecule has 1 N–H and O–H groups in total. The van der Waals surface area contributed by atoms with E-state index in [-0.39, 0.29) is 29.4 Å². The van der Waals surface area contributed by atoms with Crippen molar-refractivity contribution in [3.05, 3.63) is 28.8 Å². The third kappa shape index (κ3) is 4.44. The first-order valence-corrected chi connectivity index (χ1v) is 5.40. The number of aromatic carboxylic acids is 1. The second kappa shape index (κ2) is 5.95. The summed E-state index contributed by atoms with van der Waals surface area (Å²) >= 11 is 5.67. The normalized spacial score (nSPS) is 11.3. The summed E-state index contributed by atoms with van der Waals surface area (Å²) in [7, 11) is 0. The van der Waals surface area contributed by atoms with Crippen LogP contribution in [-0.4, -0.2) is 23.9 Å². The van der Waals surface area contributed by atoms with E-state index in [9.17, 15) is 18.0 Å². The monoisotopic (exact) mass is 282 g/mol. The van der Waals surface area contributed by atoms with E-state index in [0.29, 0.717) is 0 Å². The predicted molar refractivity (Wildman–Crippen MR) is 59.2 cm³/mol. The number of carboxylic acids is 1. The van der Waals surface area contributed by atoms with E-state index >= 15 is 0 Å². The summed E-state index contributed by atoms with van der Waals surface area (Å²) < 4.78 is 40.7. The van der Waals surface area contributed by atoms with E-state index in [1.165, 1.54) is 18.2 Å². The van der Waals surface area contributed by atoms with Crippen LogP contribution in [0.1, 0.15) is 23.2 Å². The minimum atomic E-state index is -4.24. The molecule has 0 bridgehead atoms. The van der Waals surface area contributed by atoms with Gasteiger partial charge in [0.25, 0.3) is 0 Å². The van der Waals surface area contributed by atoms with Crippen LogP contribution in [-0.2, 0) is 0 Å². The Balaban J connectivity index is 2.63. The molecule has 0 aromatic heterocycles.